The summed E-state index contributed by atoms with van der Waals surface area (Å²) in [5.74, 6) is 4.63. The van der Waals surface area contributed by atoms with Crippen LogP contribution >= 0.6 is 0 Å². The first kappa shape index (κ1) is 15.7. The molecule has 0 unspecified atom stereocenters. The van der Waals surface area contributed by atoms with E-state index in [2.05, 4.69) is 26.1 Å². The van der Waals surface area contributed by atoms with Gasteiger partial charge in [-0.25, -0.2) is 4.98 Å². The van der Waals surface area contributed by atoms with Crippen molar-refractivity contribution in [2.75, 3.05) is 5.73 Å². The number of aromatic nitrogens is 3. The molecule has 1 aromatic rings. The molecule has 1 aromatic heterocycles. The van der Waals surface area contributed by atoms with Crippen molar-refractivity contribution >= 4 is 24.5 Å². The van der Waals surface area contributed by atoms with Crippen LogP contribution in [0.4, 0.5) is 5.95 Å². The van der Waals surface area contributed by atoms with Gasteiger partial charge in [0.15, 0.2) is 12.6 Å². The van der Waals surface area contributed by atoms with Crippen molar-refractivity contribution in [3.8, 4) is 0 Å². The van der Waals surface area contributed by atoms with Crippen molar-refractivity contribution in [2.24, 2.45) is 22.4 Å². The van der Waals surface area contributed by atoms with Crippen LogP contribution in [0.2, 0.25) is 0 Å². The Hall–Kier alpha value is -2.78. The second-order valence-electron chi connectivity index (χ2n) is 1.83. The highest BCUT2D eigenvalue weighted by Crippen LogP contribution is 1.77. The lowest BCUT2D eigenvalue weighted by molar-refractivity contribution is -0.122. The molecular formula is C6H12N8O2. The van der Waals surface area contributed by atoms with Crippen LogP contribution in [0.15, 0.2) is 17.5 Å². The lowest BCUT2D eigenvalue weighted by atomic mass is 10.9. The monoisotopic (exact) mass is 228 g/mol. The summed E-state index contributed by atoms with van der Waals surface area (Å²) in [4.78, 5) is 21.2. The first-order valence-electron chi connectivity index (χ1n) is 3.65. The van der Waals surface area contributed by atoms with E-state index in [0.717, 1.165) is 0 Å². The SMILES string of the molecule is NN=C(N)N.Nc1nccnn1.O=CC=O. The van der Waals surface area contributed by atoms with Crippen LogP contribution in [-0.4, -0.2) is 33.7 Å². The molecule has 0 saturated heterocycles. The summed E-state index contributed by atoms with van der Waals surface area (Å²) in [6, 6.07) is 0. The van der Waals surface area contributed by atoms with Crippen molar-refractivity contribution in [1.29, 1.82) is 0 Å². The van der Waals surface area contributed by atoms with E-state index >= 15 is 0 Å². The number of carbonyl (C=O) groups is 2. The summed E-state index contributed by atoms with van der Waals surface area (Å²) in [7, 11) is 0. The summed E-state index contributed by atoms with van der Waals surface area (Å²) >= 11 is 0. The van der Waals surface area contributed by atoms with E-state index in [1.165, 1.54) is 12.4 Å². The van der Waals surface area contributed by atoms with E-state index in [4.69, 9.17) is 26.8 Å². The summed E-state index contributed by atoms with van der Waals surface area (Å²) < 4.78 is 0. The highest BCUT2D eigenvalue weighted by molar-refractivity contribution is 6.09. The van der Waals surface area contributed by atoms with Gasteiger partial charge in [0.05, 0.1) is 12.4 Å². The molecule has 10 heteroatoms. The third kappa shape index (κ3) is 17.3. The standard InChI is InChI=1S/C3H4N4.C2H2O2.CH6N4/c4-3-5-1-2-6-7-3;3-1-2-4;2-1(3)5-4/h1-2H,(H2,4,5,7);1-2H;4H2,(H4,2,3,5). The van der Waals surface area contributed by atoms with Gasteiger partial charge in [-0.3, -0.25) is 9.59 Å². The second-order valence-corrected chi connectivity index (χ2v) is 1.83. The number of aldehydes is 2. The molecule has 0 radical (unpaired) electrons. The van der Waals surface area contributed by atoms with E-state index in [1.807, 2.05) is 0 Å². The van der Waals surface area contributed by atoms with Gasteiger partial charge in [0.2, 0.25) is 11.9 Å². The molecule has 0 amide bonds. The fraction of sp³-hybridized carbons (Fsp3) is 0. The average Bonchev–Trinajstić information content (AvgIpc) is 2.31. The van der Waals surface area contributed by atoms with Crippen LogP contribution in [0.1, 0.15) is 0 Å². The van der Waals surface area contributed by atoms with Gasteiger partial charge < -0.3 is 23.0 Å². The van der Waals surface area contributed by atoms with Crippen LogP contribution in [0.5, 0.6) is 0 Å². The van der Waals surface area contributed by atoms with E-state index in [1.54, 1.807) is 0 Å². The molecule has 10 nitrogen and oxygen atoms in total. The number of nitrogens with zero attached hydrogens (tertiary/aromatic N) is 4. The van der Waals surface area contributed by atoms with Gasteiger partial charge in [-0.2, -0.15) is 5.10 Å². The topological polar surface area (TPSA) is 189 Å². The Morgan fingerprint density at radius 3 is 1.88 bits per heavy atom. The Balaban J connectivity index is 0. The molecule has 0 fully saturated rings. The number of carbonyl (C=O) groups excluding carboxylic acids is 2. The molecule has 0 atom stereocenters. The fourth-order valence-corrected chi connectivity index (χ4v) is 0.258. The van der Waals surface area contributed by atoms with Gasteiger partial charge >= 0.3 is 0 Å². The minimum Gasteiger partial charge on any atom is -0.369 e. The molecule has 0 aliphatic rings. The van der Waals surface area contributed by atoms with Crippen molar-refractivity contribution in [3.05, 3.63) is 12.4 Å². The lowest BCUT2D eigenvalue weighted by Crippen LogP contribution is -2.23. The third-order valence-electron chi connectivity index (χ3n) is 0.705. The molecule has 0 bridgehead atoms. The second kappa shape index (κ2) is 12.2. The molecule has 0 aromatic carbocycles. The van der Waals surface area contributed by atoms with Crippen LogP contribution in [-0.2, 0) is 9.59 Å². The van der Waals surface area contributed by atoms with Gasteiger partial charge in [-0.15, -0.1) is 10.2 Å². The number of guanidine groups is 1. The molecular weight excluding hydrogens is 216 g/mol. The molecule has 0 aliphatic carbocycles. The quantitative estimate of drug-likeness (QED) is 0.0966. The summed E-state index contributed by atoms with van der Waals surface area (Å²) in [5, 5.41) is 9.70. The van der Waals surface area contributed by atoms with E-state index < -0.39 is 0 Å². The fourth-order valence-electron chi connectivity index (χ4n) is 0.258. The Morgan fingerprint density at radius 2 is 1.75 bits per heavy atom. The molecule has 0 saturated carbocycles. The number of nitrogens with two attached hydrogens (primary N) is 4. The first-order valence-corrected chi connectivity index (χ1v) is 3.65. The van der Waals surface area contributed by atoms with Crippen LogP contribution < -0.4 is 23.0 Å². The van der Waals surface area contributed by atoms with E-state index in [-0.39, 0.29) is 24.5 Å². The molecule has 88 valence electrons. The van der Waals surface area contributed by atoms with E-state index in [9.17, 15) is 0 Å². The van der Waals surface area contributed by atoms with Gasteiger partial charge in [-0.05, 0) is 0 Å². The first-order chi connectivity index (χ1) is 7.58. The van der Waals surface area contributed by atoms with E-state index in [0.29, 0.717) is 0 Å². The minimum atomic E-state index is -0.0926. The number of hydrogen-bond donors (Lipinski definition) is 4. The predicted molar refractivity (Wildman–Crippen MR) is 56.4 cm³/mol. The van der Waals surface area contributed by atoms with Gasteiger partial charge in [0.1, 0.15) is 0 Å². The Labute approximate surface area is 90.7 Å². The van der Waals surface area contributed by atoms with Gasteiger partial charge in [-0.1, -0.05) is 0 Å². The predicted octanol–water partition coefficient (Wildman–Crippen LogP) is -3.03. The molecule has 0 aliphatic heterocycles. The number of anilines is 1. The van der Waals surface area contributed by atoms with Gasteiger partial charge in [0.25, 0.3) is 0 Å². The summed E-state index contributed by atoms with van der Waals surface area (Å²) in [6.07, 6.45) is 3.35. The lowest BCUT2D eigenvalue weighted by Gasteiger charge is -1.80. The molecule has 8 N–H and O–H groups in total. The van der Waals surface area contributed by atoms with Crippen LogP contribution in [0, 0.1) is 0 Å². The van der Waals surface area contributed by atoms with Crippen molar-refractivity contribution < 1.29 is 9.59 Å². The van der Waals surface area contributed by atoms with Crippen LogP contribution in [0.3, 0.4) is 0 Å². The smallest absolute Gasteiger partial charge is 0.240 e. The maximum absolute atomic E-state index is 8.81. The molecule has 16 heavy (non-hydrogen) atoms. The molecule has 1 rings (SSSR count). The molecule has 0 spiro atoms. The average molecular weight is 228 g/mol. The largest absolute Gasteiger partial charge is 0.369 e. The minimum absolute atomic E-state index is 0.0926. The molecule has 1 heterocycles. The Morgan fingerprint density at radius 1 is 1.25 bits per heavy atom. The van der Waals surface area contributed by atoms with Gasteiger partial charge in [0, 0.05) is 0 Å². The maximum Gasteiger partial charge on any atom is 0.240 e. The zero-order valence-corrected chi connectivity index (χ0v) is 8.22. The Kier molecular flexibility index (Phi) is 12.0. The van der Waals surface area contributed by atoms with Crippen molar-refractivity contribution in [2.45, 2.75) is 0 Å². The highest BCUT2D eigenvalue weighted by atomic mass is 16.2. The van der Waals surface area contributed by atoms with Crippen molar-refractivity contribution in [1.82, 2.24) is 15.2 Å². The number of hydrogen-bond acceptors (Lipinski definition) is 8. The number of nitrogen functional groups attached to an aromatic ring is 1. The number of hydrazone groups is 1. The zero-order valence-electron chi connectivity index (χ0n) is 8.22. The Bertz CT molecular complexity index is 304. The number of rotatable bonds is 1. The third-order valence-corrected chi connectivity index (χ3v) is 0.705. The van der Waals surface area contributed by atoms with Crippen LogP contribution in [0.25, 0.3) is 0 Å². The summed E-state index contributed by atoms with van der Waals surface area (Å²) in [6.45, 7) is 0. The van der Waals surface area contributed by atoms with Crippen molar-refractivity contribution in [3.63, 3.8) is 0 Å². The maximum atomic E-state index is 8.81. The normalized spacial score (nSPS) is 7.00. The summed E-state index contributed by atoms with van der Waals surface area (Å²) in [5.41, 5.74) is 14.5. The zero-order chi connectivity index (χ0) is 12.8. The highest BCUT2D eigenvalue weighted by Gasteiger charge is 1.76.